The minimum absolute atomic E-state index is 0.190. The molecule has 0 aliphatic heterocycles. The van der Waals surface area contributed by atoms with Crippen molar-refractivity contribution in [1.82, 2.24) is 5.32 Å². The van der Waals surface area contributed by atoms with E-state index in [0.29, 0.717) is 12.3 Å². The van der Waals surface area contributed by atoms with Crippen LogP contribution in [0, 0.1) is 0 Å². The van der Waals surface area contributed by atoms with Crippen molar-refractivity contribution >= 4 is 16.7 Å². The maximum atomic E-state index is 12.1. The van der Waals surface area contributed by atoms with Crippen molar-refractivity contribution in [2.24, 2.45) is 0 Å². The van der Waals surface area contributed by atoms with Crippen molar-refractivity contribution in [1.29, 1.82) is 0 Å². The smallest absolute Gasteiger partial charge is 0.287 e. The lowest BCUT2D eigenvalue weighted by Gasteiger charge is -2.03. The molecule has 0 saturated carbocycles. The standard InChI is InChI=1S/C16H13NO2/c18-16(17-10-12-6-2-1-3-7-12)15-14-9-5-4-8-13(14)11-19-15/h1-9,11H,10H2,(H,17,18). The minimum Gasteiger partial charge on any atom is -0.458 e. The zero-order chi connectivity index (χ0) is 13.1. The Morgan fingerprint density at radius 2 is 1.74 bits per heavy atom. The molecule has 0 bridgehead atoms. The van der Waals surface area contributed by atoms with E-state index in [1.807, 2.05) is 54.6 Å². The molecule has 3 aromatic rings. The van der Waals surface area contributed by atoms with Gasteiger partial charge in [-0.25, -0.2) is 0 Å². The maximum absolute atomic E-state index is 12.1. The average molecular weight is 251 g/mol. The summed E-state index contributed by atoms with van der Waals surface area (Å²) in [5, 5.41) is 4.64. The molecular weight excluding hydrogens is 238 g/mol. The van der Waals surface area contributed by atoms with Crippen LogP contribution in [0.4, 0.5) is 0 Å². The monoisotopic (exact) mass is 251 g/mol. The Labute approximate surface area is 110 Å². The highest BCUT2D eigenvalue weighted by Gasteiger charge is 2.13. The number of carbonyl (C=O) groups is 1. The van der Waals surface area contributed by atoms with Crippen LogP contribution in [0.5, 0.6) is 0 Å². The predicted molar refractivity (Wildman–Crippen MR) is 73.8 cm³/mol. The molecule has 3 nitrogen and oxygen atoms in total. The molecule has 0 saturated heterocycles. The van der Waals surface area contributed by atoms with Gasteiger partial charge in [0.2, 0.25) is 0 Å². The summed E-state index contributed by atoms with van der Waals surface area (Å²) in [4.78, 5) is 12.1. The summed E-state index contributed by atoms with van der Waals surface area (Å²) >= 11 is 0. The Morgan fingerprint density at radius 3 is 2.58 bits per heavy atom. The van der Waals surface area contributed by atoms with Crippen LogP contribution < -0.4 is 5.32 Å². The maximum Gasteiger partial charge on any atom is 0.287 e. The van der Waals surface area contributed by atoms with E-state index in [1.165, 1.54) is 0 Å². The first-order valence-electron chi connectivity index (χ1n) is 6.13. The molecule has 1 aromatic heterocycles. The molecular formula is C16H13NO2. The molecule has 1 heterocycles. The van der Waals surface area contributed by atoms with Crippen LogP contribution in [-0.4, -0.2) is 5.91 Å². The number of furan rings is 1. The highest BCUT2D eigenvalue weighted by atomic mass is 16.3. The van der Waals surface area contributed by atoms with E-state index in [0.717, 1.165) is 16.3 Å². The number of nitrogens with one attached hydrogen (secondary N) is 1. The molecule has 0 atom stereocenters. The third-order valence-electron chi connectivity index (χ3n) is 3.01. The number of benzene rings is 2. The van der Waals surface area contributed by atoms with Gasteiger partial charge in [0.1, 0.15) is 0 Å². The highest BCUT2D eigenvalue weighted by molar-refractivity contribution is 6.04. The number of hydrogen-bond acceptors (Lipinski definition) is 2. The van der Waals surface area contributed by atoms with E-state index in [2.05, 4.69) is 5.32 Å². The lowest BCUT2D eigenvalue weighted by Crippen LogP contribution is -2.22. The molecule has 0 fully saturated rings. The van der Waals surface area contributed by atoms with E-state index in [1.54, 1.807) is 6.26 Å². The SMILES string of the molecule is O=C(NCc1ccccc1)c1occ2ccccc12. The zero-order valence-electron chi connectivity index (χ0n) is 10.3. The molecule has 0 radical (unpaired) electrons. The summed E-state index contributed by atoms with van der Waals surface area (Å²) in [6.45, 7) is 0.495. The second-order valence-electron chi connectivity index (χ2n) is 4.32. The molecule has 19 heavy (non-hydrogen) atoms. The van der Waals surface area contributed by atoms with Gasteiger partial charge in [0.25, 0.3) is 5.91 Å². The van der Waals surface area contributed by atoms with E-state index in [9.17, 15) is 4.79 Å². The van der Waals surface area contributed by atoms with Crippen LogP contribution >= 0.6 is 0 Å². The van der Waals surface area contributed by atoms with Gasteiger partial charge in [-0.15, -0.1) is 0 Å². The zero-order valence-corrected chi connectivity index (χ0v) is 10.3. The van der Waals surface area contributed by atoms with Crippen LogP contribution in [-0.2, 0) is 6.54 Å². The van der Waals surface area contributed by atoms with E-state index < -0.39 is 0 Å². The molecule has 1 N–H and O–H groups in total. The number of hydrogen-bond donors (Lipinski definition) is 1. The molecule has 3 rings (SSSR count). The predicted octanol–water partition coefficient (Wildman–Crippen LogP) is 3.36. The summed E-state index contributed by atoms with van der Waals surface area (Å²) in [6.07, 6.45) is 1.60. The summed E-state index contributed by atoms with van der Waals surface area (Å²) in [5.74, 6) is 0.177. The first-order valence-corrected chi connectivity index (χ1v) is 6.13. The van der Waals surface area contributed by atoms with Crippen molar-refractivity contribution in [2.75, 3.05) is 0 Å². The molecule has 0 unspecified atom stereocenters. The van der Waals surface area contributed by atoms with Gasteiger partial charge in [0, 0.05) is 17.3 Å². The topological polar surface area (TPSA) is 42.2 Å². The second kappa shape index (κ2) is 4.98. The Hall–Kier alpha value is -2.55. The molecule has 1 amide bonds. The fourth-order valence-electron chi connectivity index (χ4n) is 2.03. The normalized spacial score (nSPS) is 10.5. The Kier molecular flexibility index (Phi) is 3.02. The van der Waals surface area contributed by atoms with Crippen LogP contribution in [0.2, 0.25) is 0 Å². The summed E-state index contributed by atoms with van der Waals surface area (Å²) in [5.41, 5.74) is 1.06. The largest absolute Gasteiger partial charge is 0.458 e. The van der Waals surface area contributed by atoms with Gasteiger partial charge >= 0.3 is 0 Å². The fourth-order valence-corrected chi connectivity index (χ4v) is 2.03. The van der Waals surface area contributed by atoms with Gasteiger partial charge in [-0.05, 0) is 5.56 Å². The van der Waals surface area contributed by atoms with Crippen LogP contribution in [0.3, 0.4) is 0 Å². The number of rotatable bonds is 3. The van der Waals surface area contributed by atoms with Gasteiger partial charge in [0.05, 0.1) is 6.26 Å². The van der Waals surface area contributed by atoms with Crippen LogP contribution in [0.15, 0.2) is 65.3 Å². The first-order chi connectivity index (χ1) is 9.34. The lowest BCUT2D eigenvalue weighted by molar-refractivity contribution is 0.0925. The van der Waals surface area contributed by atoms with Gasteiger partial charge in [-0.1, -0.05) is 54.6 Å². The molecule has 0 aliphatic rings. The summed E-state index contributed by atoms with van der Waals surface area (Å²) in [6, 6.07) is 17.4. The molecule has 3 heteroatoms. The third kappa shape index (κ3) is 2.36. The average Bonchev–Trinajstić information content (AvgIpc) is 2.90. The van der Waals surface area contributed by atoms with Gasteiger partial charge in [0.15, 0.2) is 5.76 Å². The van der Waals surface area contributed by atoms with Crippen molar-refractivity contribution in [3.05, 3.63) is 72.2 Å². The van der Waals surface area contributed by atoms with Gasteiger partial charge in [-0.2, -0.15) is 0 Å². The molecule has 0 spiro atoms. The summed E-state index contributed by atoms with van der Waals surface area (Å²) in [7, 11) is 0. The molecule has 0 aliphatic carbocycles. The molecule has 94 valence electrons. The lowest BCUT2D eigenvalue weighted by atomic mass is 10.2. The highest BCUT2D eigenvalue weighted by Crippen LogP contribution is 2.20. The Morgan fingerprint density at radius 1 is 1.00 bits per heavy atom. The van der Waals surface area contributed by atoms with Crippen LogP contribution in [0.1, 0.15) is 16.1 Å². The van der Waals surface area contributed by atoms with Crippen molar-refractivity contribution in [2.45, 2.75) is 6.54 Å². The van der Waals surface area contributed by atoms with E-state index in [4.69, 9.17) is 4.42 Å². The number of fused-ring (bicyclic) bond motifs is 1. The minimum atomic E-state index is -0.190. The van der Waals surface area contributed by atoms with E-state index >= 15 is 0 Å². The third-order valence-corrected chi connectivity index (χ3v) is 3.01. The molecule has 2 aromatic carbocycles. The van der Waals surface area contributed by atoms with Crippen molar-refractivity contribution in [3.63, 3.8) is 0 Å². The van der Waals surface area contributed by atoms with E-state index in [-0.39, 0.29) is 5.91 Å². The van der Waals surface area contributed by atoms with Crippen molar-refractivity contribution in [3.8, 4) is 0 Å². The fraction of sp³-hybridized carbons (Fsp3) is 0.0625. The Balaban J connectivity index is 1.77. The Bertz CT molecular complexity index is 701. The quantitative estimate of drug-likeness (QED) is 0.775. The van der Waals surface area contributed by atoms with Gasteiger partial charge < -0.3 is 9.73 Å². The van der Waals surface area contributed by atoms with Crippen LogP contribution in [0.25, 0.3) is 10.8 Å². The second-order valence-corrected chi connectivity index (χ2v) is 4.32. The van der Waals surface area contributed by atoms with Crippen molar-refractivity contribution < 1.29 is 9.21 Å². The number of amides is 1. The number of carbonyl (C=O) groups excluding carboxylic acids is 1. The van der Waals surface area contributed by atoms with Gasteiger partial charge in [-0.3, -0.25) is 4.79 Å². The first kappa shape index (κ1) is 11.5. The summed E-state index contributed by atoms with van der Waals surface area (Å²) < 4.78 is 5.35.